The molecule has 1 saturated heterocycles. The summed E-state index contributed by atoms with van der Waals surface area (Å²) in [5.41, 5.74) is 2.97. The maximum absolute atomic E-state index is 6.09. The Bertz CT molecular complexity index is 427. The van der Waals surface area contributed by atoms with Crippen LogP contribution in [0.4, 0.5) is 0 Å². The van der Waals surface area contributed by atoms with Crippen molar-refractivity contribution in [2.45, 2.75) is 31.7 Å². The first-order valence-electron chi connectivity index (χ1n) is 6.99. The van der Waals surface area contributed by atoms with Crippen LogP contribution in [0.1, 0.15) is 30.4 Å². The summed E-state index contributed by atoms with van der Waals surface area (Å²) in [5, 5.41) is 4.31. The lowest BCUT2D eigenvalue weighted by Crippen LogP contribution is -2.51. The molecule has 1 N–H and O–H groups in total. The molecule has 98 valence electrons. The molecule has 2 nitrogen and oxygen atoms in total. The van der Waals surface area contributed by atoms with Crippen LogP contribution < -0.4 is 5.32 Å². The molecule has 0 radical (unpaired) electrons. The highest BCUT2D eigenvalue weighted by Crippen LogP contribution is 2.35. The summed E-state index contributed by atoms with van der Waals surface area (Å²) in [6.07, 6.45) is 2.45. The fourth-order valence-electron chi connectivity index (χ4n) is 3.51. The smallest absolute Gasteiger partial charge is 0.0408 e. The molecule has 1 fully saturated rings. The molecule has 0 bridgehead atoms. The van der Waals surface area contributed by atoms with E-state index in [2.05, 4.69) is 29.3 Å². The zero-order valence-corrected chi connectivity index (χ0v) is 11.7. The number of piperazine rings is 1. The van der Waals surface area contributed by atoms with Gasteiger partial charge in [0.05, 0.1) is 0 Å². The van der Waals surface area contributed by atoms with Crippen LogP contribution in [0.25, 0.3) is 0 Å². The van der Waals surface area contributed by atoms with Gasteiger partial charge in [0.15, 0.2) is 0 Å². The molecule has 0 amide bonds. The number of nitrogens with zero attached hydrogens (tertiary/aromatic N) is 1. The molecule has 0 aromatic heterocycles. The zero-order valence-electron chi connectivity index (χ0n) is 11.0. The standard InChI is InChI=1S/C15H21ClN2/c1-11-14-4-3-13(16)10-12(14)2-5-15(11)18-8-6-17-7-9-18/h3-4,10-11,15,17H,2,5-9H2,1H3/t11-,15+/m1/s1. The van der Waals surface area contributed by atoms with Crippen molar-refractivity contribution in [3.05, 3.63) is 34.3 Å². The van der Waals surface area contributed by atoms with Crippen molar-refractivity contribution in [1.82, 2.24) is 10.2 Å². The van der Waals surface area contributed by atoms with Gasteiger partial charge >= 0.3 is 0 Å². The molecule has 0 spiro atoms. The number of fused-ring (bicyclic) bond motifs is 1. The van der Waals surface area contributed by atoms with Crippen molar-refractivity contribution in [2.75, 3.05) is 26.2 Å². The minimum absolute atomic E-state index is 0.629. The first kappa shape index (κ1) is 12.5. The third kappa shape index (κ3) is 2.29. The number of rotatable bonds is 1. The molecule has 2 atom stereocenters. The topological polar surface area (TPSA) is 15.3 Å². The second-order valence-electron chi connectivity index (χ2n) is 5.52. The molecule has 1 heterocycles. The summed E-state index contributed by atoms with van der Waals surface area (Å²) in [4.78, 5) is 2.67. The Morgan fingerprint density at radius 2 is 2.06 bits per heavy atom. The molecule has 3 heteroatoms. The van der Waals surface area contributed by atoms with Crippen LogP contribution in [-0.4, -0.2) is 37.1 Å². The summed E-state index contributed by atoms with van der Waals surface area (Å²) in [6.45, 7) is 7.03. The average molecular weight is 265 g/mol. The molecule has 1 aliphatic heterocycles. The highest BCUT2D eigenvalue weighted by Gasteiger charge is 2.31. The summed E-state index contributed by atoms with van der Waals surface area (Å²) in [5.74, 6) is 0.629. The van der Waals surface area contributed by atoms with E-state index in [0.717, 1.165) is 18.1 Å². The molecule has 1 aliphatic carbocycles. The van der Waals surface area contributed by atoms with E-state index in [9.17, 15) is 0 Å². The van der Waals surface area contributed by atoms with Gasteiger partial charge in [-0.05, 0) is 42.0 Å². The molecule has 0 saturated carbocycles. The molecule has 0 unspecified atom stereocenters. The van der Waals surface area contributed by atoms with Gasteiger partial charge in [0, 0.05) is 37.2 Å². The van der Waals surface area contributed by atoms with Crippen LogP contribution >= 0.6 is 11.6 Å². The molecule has 18 heavy (non-hydrogen) atoms. The lowest BCUT2D eigenvalue weighted by Gasteiger charge is -2.41. The van der Waals surface area contributed by atoms with Crippen LogP contribution in [0.3, 0.4) is 0 Å². The Balaban J connectivity index is 1.82. The highest BCUT2D eigenvalue weighted by molar-refractivity contribution is 6.30. The number of aryl methyl sites for hydroxylation is 1. The van der Waals surface area contributed by atoms with Gasteiger partial charge in [0.25, 0.3) is 0 Å². The fraction of sp³-hybridized carbons (Fsp3) is 0.600. The Morgan fingerprint density at radius 3 is 2.83 bits per heavy atom. The van der Waals surface area contributed by atoms with E-state index in [1.165, 1.54) is 37.1 Å². The van der Waals surface area contributed by atoms with Crippen molar-refractivity contribution < 1.29 is 0 Å². The van der Waals surface area contributed by atoms with Crippen molar-refractivity contribution in [1.29, 1.82) is 0 Å². The fourth-order valence-corrected chi connectivity index (χ4v) is 3.70. The summed E-state index contributed by atoms with van der Waals surface area (Å²) in [6, 6.07) is 7.13. The first-order valence-corrected chi connectivity index (χ1v) is 7.36. The summed E-state index contributed by atoms with van der Waals surface area (Å²) >= 11 is 6.09. The average Bonchev–Trinajstić information content (AvgIpc) is 2.40. The van der Waals surface area contributed by atoms with E-state index in [4.69, 9.17) is 11.6 Å². The Kier molecular flexibility index (Phi) is 3.60. The summed E-state index contributed by atoms with van der Waals surface area (Å²) in [7, 11) is 0. The minimum Gasteiger partial charge on any atom is -0.314 e. The van der Waals surface area contributed by atoms with Crippen LogP contribution in [-0.2, 0) is 6.42 Å². The normalized spacial score (nSPS) is 29.0. The molecular formula is C15H21ClN2. The number of halogens is 1. The molecule has 3 rings (SSSR count). The lowest BCUT2D eigenvalue weighted by molar-refractivity contribution is 0.141. The number of benzene rings is 1. The third-order valence-corrected chi connectivity index (χ3v) is 4.74. The SMILES string of the molecule is C[C@@H]1c2ccc(Cl)cc2CC[C@@H]1N1CCNCC1. The van der Waals surface area contributed by atoms with Gasteiger partial charge in [0.1, 0.15) is 0 Å². The second-order valence-corrected chi connectivity index (χ2v) is 5.96. The van der Waals surface area contributed by atoms with Gasteiger partial charge in [-0.15, -0.1) is 0 Å². The Hall–Kier alpha value is -0.570. The summed E-state index contributed by atoms with van der Waals surface area (Å²) < 4.78 is 0. The van der Waals surface area contributed by atoms with E-state index in [0.29, 0.717) is 12.0 Å². The van der Waals surface area contributed by atoms with E-state index in [1.54, 1.807) is 0 Å². The van der Waals surface area contributed by atoms with Crippen molar-refractivity contribution in [3.8, 4) is 0 Å². The van der Waals surface area contributed by atoms with Crippen LogP contribution in [0.2, 0.25) is 5.02 Å². The van der Waals surface area contributed by atoms with Crippen LogP contribution in [0, 0.1) is 0 Å². The number of nitrogens with one attached hydrogen (secondary N) is 1. The highest BCUT2D eigenvalue weighted by atomic mass is 35.5. The van der Waals surface area contributed by atoms with Gasteiger partial charge in [-0.3, -0.25) is 4.90 Å². The van der Waals surface area contributed by atoms with Gasteiger partial charge in [-0.2, -0.15) is 0 Å². The lowest BCUT2D eigenvalue weighted by atomic mass is 9.79. The molecule has 1 aromatic carbocycles. The maximum atomic E-state index is 6.09. The van der Waals surface area contributed by atoms with Crippen LogP contribution in [0.5, 0.6) is 0 Å². The minimum atomic E-state index is 0.629. The number of hydrogen-bond donors (Lipinski definition) is 1. The second kappa shape index (κ2) is 5.20. The van der Waals surface area contributed by atoms with Gasteiger partial charge < -0.3 is 5.32 Å². The van der Waals surface area contributed by atoms with Crippen molar-refractivity contribution in [3.63, 3.8) is 0 Å². The monoisotopic (exact) mass is 264 g/mol. The maximum Gasteiger partial charge on any atom is 0.0408 e. The van der Waals surface area contributed by atoms with Crippen molar-refractivity contribution >= 4 is 11.6 Å². The van der Waals surface area contributed by atoms with E-state index in [1.807, 2.05) is 6.07 Å². The molecule has 1 aromatic rings. The molecular weight excluding hydrogens is 244 g/mol. The van der Waals surface area contributed by atoms with Crippen molar-refractivity contribution in [2.24, 2.45) is 0 Å². The van der Waals surface area contributed by atoms with E-state index >= 15 is 0 Å². The van der Waals surface area contributed by atoms with E-state index in [-0.39, 0.29) is 0 Å². The van der Waals surface area contributed by atoms with Gasteiger partial charge in [0.2, 0.25) is 0 Å². The van der Waals surface area contributed by atoms with E-state index < -0.39 is 0 Å². The van der Waals surface area contributed by atoms with Gasteiger partial charge in [-0.25, -0.2) is 0 Å². The predicted octanol–water partition coefficient (Wildman–Crippen LogP) is 2.66. The Labute approximate surface area is 114 Å². The zero-order chi connectivity index (χ0) is 12.5. The third-order valence-electron chi connectivity index (χ3n) is 4.50. The van der Waals surface area contributed by atoms with Gasteiger partial charge in [-0.1, -0.05) is 24.6 Å². The molecule has 2 aliphatic rings. The predicted molar refractivity (Wildman–Crippen MR) is 76.4 cm³/mol. The Morgan fingerprint density at radius 1 is 1.28 bits per heavy atom. The first-order chi connectivity index (χ1) is 8.75. The van der Waals surface area contributed by atoms with Crippen LogP contribution in [0.15, 0.2) is 18.2 Å². The number of hydrogen-bond acceptors (Lipinski definition) is 2. The largest absolute Gasteiger partial charge is 0.314 e. The quantitative estimate of drug-likeness (QED) is 0.839.